The monoisotopic (exact) mass is 265 g/mol. The molecule has 3 heteroatoms. The average Bonchev–Trinajstić information content (AvgIpc) is 2.40. The molecule has 0 amide bonds. The van der Waals surface area contributed by atoms with Crippen molar-refractivity contribution < 1.29 is 9.13 Å². The molecule has 1 saturated heterocycles. The summed E-state index contributed by atoms with van der Waals surface area (Å²) in [4.78, 5) is 0. The van der Waals surface area contributed by atoms with Crippen LogP contribution in [0.3, 0.4) is 0 Å². The molecule has 1 unspecified atom stereocenters. The second-order valence-electron chi connectivity index (χ2n) is 6.13. The van der Waals surface area contributed by atoms with Crippen LogP contribution in [0.5, 0.6) is 0 Å². The molecule has 1 atom stereocenters. The van der Waals surface area contributed by atoms with Crippen LogP contribution in [-0.2, 0) is 10.2 Å². The van der Waals surface area contributed by atoms with Gasteiger partial charge in [-0.1, -0.05) is 26.0 Å². The summed E-state index contributed by atoms with van der Waals surface area (Å²) in [5, 5.41) is 0. The lowest BCUT2D eigenvalue weighted by atomic mass is 9.74. The number of nitrogens with two attached hydrogens (primary N) is 1. The maximum Gasteiger partial charge on any atom is 0.123 e. The van der Waals surface area contributed by atoms with Crippen LogP contribution in [0.1, 0.15) is 38.7 Å². The summed E-state index contributed by atoms with van der Waals surface area (Å²) in [6, 6.07) is 6.80. The van der Waals surface area contributed by atoms with Crippen LogP contribution >= 0.6 is 0 Å². The number of ether oxygens (including phenoxy) is 1. The van der Waals surface area contributed by atoms with Crippen LogP contribution in [0.4, 0.5) is 4.39 Å². The van der Waals surface area contributed by atoms with Crippen molar-refractivity contribution in [3.05, 3.63) is 35.6 Å². The van der Waals surface area contributed by atoms with E-state index in [9.17, 15) is 4.39 Å². The van der Waals surface area contributed by atoms with Crippen LogP contribution in [0.2, 0.25) is 0 Å². The fourth-order valence-electron chi connectivity index (χ4n) is 2.73. The Labute approximate surface area is 115 Å². The Morgan fingerprint density at radius 2 is 1.84 bits per heavy atom. The van der Waals surface area contributed by atoms with E-state index in [0.717, 1.165) is 38.0 Å². The maximum atomic E-state index is 13.0. The van der Waals surface area contributed by atoms with Crippen LogP contribution in [0.25, 0.3) is 0 Å². The molecule has 2 N–H and O–H groups in total. The number of hydrogen-bond donors (Lipinski definition) is 1. The molecule has 1 aromatic carbocycles. The van der Waals surface area contributed by atoms with Gasteiger partial charge in [0.25, 0.3) is 0 Å². The standard InChI is InChI=1S/C16H24FNO/c1-16(2,13-3-5-14(17)6-4-13)15(18)11-12-7-9-19-10-8-12/h3-6,12,15H,7-11,18H2,1-2H3. The van der Waals surface area contributed by atoms with Gasteiger partial charge in [0, 0.05) is 24.7 Å². The fourth-order valence-corrected chi connectivity index (χ4v) is 2.73. The van der Waals surface area contributed by atoms with E-state index in [4.69, 9.17) is 10.5 Å². The molecule has 1 fully saturated rings. The molecule has 1 aromatic rings. The molecule has 2 rings (SSSR count). The van der Waals surface area contributed by atoms with E-state index in [1.807, 2.05) is 12.1 Å². The van der Waals surface area contributed by atoms with Gasteiger partial charge in [0.2, 0.25) is 0 Å². The molecule has 0 radical (unpaired) electrons. The highest BCUT2D eigenvalue weighted by Gasteiger charge is 2.30. The predicted molar refractivity (Wildman–Crippen MR) is 75.6 cm³/mol. The van der Waals surface area contributed by atoms with E-state index in [1.165, 1.54) is 12.1 Å². The van der Waals surface area contributed by atoms with Crippen molar-refractivity contribution in [2.45, 2.75) is 44.6 Å². The number of benzene rings is 1. The van der Waals surface area contributed by atoms with Gasteiger partial charge in [0.05, 0.1) is 0 Å². The van der Waals surface area contributed by atoms with E-state index in [2.05, 4.69) is 13.8 Å². The molecule has 0 bridgehead atoms. The van der Waals surface area contributed by atoms with Crippen LogP contribution in [-0.4, -0.2) is 19.3 Å². The van der Waals surface area contributed by atoms with Crippen molar-refractivity contribution in [2.75, 3.05) is 13.2 Å². The molecular weight excluding hydrogens is 241 g/mol. The third-order valence-electron chi connectivity index (χ3n) is 4.44. The average molecular weight is 265 g/mol. The molecule has 1 heterocycles. The molecule has 1 aliphatic rings. The lowest BCUT2D eigenvalue weighted by Crippen LogP contribution is -2.42. The van der Waals surface area contributed by atoms with Crippen molar-refractivity contribution in [1.29, 1.82) is 0 Å². The Morgan fingerprint density at radius 1 is 1.26 bits per heavy atom. The highest BCUT2D eigenvalue weighted by Crippen LogP contribution is 2.31. The first kappa shape index (κ1) is 14.5. The molecule has 2 nitrogen and oxygen atoms in total. The Bertz CT molecular complexity index is 396. The largest absolute Gasteiger partial charge is 0.381 e. The van der Waals surface area contributed by atoms with Gasteiger partial charge in [-0.15, -0.1) is 0 Å². The number of hydrogen-bond acceptors (Lipinski definition) is 2. The van der Waals surface area contributed by atoms with E-state index < -0.39 is 0 Å². The summed E-state index contributed by atoms with van der Waals surface area (Å²) in [6.07, 6.45) is 3.22. The minimum absolute atomic E-state index is 0.0843. The summed E-state index contributed by atoms with van der Waals surface area (Å²) < 4.78 is 18.4. The summed E-state index contributed by atoms with van der Waals surface area (Å²) in [7, 11) is 0. The first-order chi connectivity index (χ1) is 9.00. The summed E-state index contributed by atoms with van der Waals surface area (Å²) in [5.41, 5.74) is 7.39. The van der Waals surface area contributed by atoms with Crippen molar-refractivity contribution in [2.24, 2.45) is 11.7 Å². The zero-order valence-corrected chi connectivity index (χ0v) is 11.9. The van der Waals surface area contributed by atoms with E-state index in [1.54, 1.807) is 0 Å². The van der Waals surface area contributed by atoms with Crippen LogP contribution < -0.4 is 5.73 Å². The summed E-state index contributed by atoms with van der Waals surface area (Å²) >= 11 is 0. The molecule has 0 saturated carbocycles. The van der Waals surface area contributed by atoms with E-state index >= 15 is 0 Å². The number of rotatable bonds is 4. The molecule has 1 aliphatic heterocycles. The van der Waals surface area contributed by atoms with Gasteiger partial charge in [-0.3, -0.25) is 0 Å². The Morgan fingerprint density at radius 3 is 2.42 bits per heavy atom. The van der Waals surface area contributed by atoms with Crippen molar-refractivity contribution in [3.8, 4) is 0 Å². The third kappa shape index (κ3) is 3.54. The molecule has 0 aliphatic carbocycles. The Balaban J connectivity index is 2.02. The minimum Gasteiger partial charge on any atom is -0.381 e. The molecule has 19 heavy (non-hydrogen) atoms. The Kier molecular flexibility index (Phi) is 4.58. The van der Waals surface area contributed by atoms with Crippen molar-refractivity contribution in [3.63, 3.8) is 0 Å². The van der Waals surface area contributed by atoms with Gasteiger partial charge >= 0.3 is 0 Å². The smallest absolute Gasteiger partial charge is 0.123 e. The summed E-state index contributed by atoms with van der Waals surface area (Å²) in [6.45, 7) is 6.00. The molecular formula is C16H24FNO. The zero-order chi connectivity index (χ0) is 13.9. The zero-order valence-electron chi connectivity index (χ0n) is 11.9. The van der Waals surface area contributed by atoms with Gasteiger partial charge in [0.15, 0.2) is 0 Å². The highest BCUT2D eigenvalue weighted by molar-refractivity contribution is 5.26. The summed E-state index contributed by atoms with van der Waals surface area (Å²) in [5.74, 6) is 0.459. The second kappa shape index (κ2) is 6.02. The van der Waals surface area contributed by atoms with Gasteiger partial charge in [-0.25, -0.2) is 4.39 Å². The topological polar surface area (TPSA) is 35.2 Å². The quantitative estimate of drug-likeness (QED) is 0.907. The first-order valence-corrected chi connectivity index (χ1v) is 7.09. The van der Waals surface area contributed by atoms with Crippen LogP contribution in [0.15, 0.2) is 24.3 Å². The SMILES string of the molecule is CC(C)(c1ccc(F)cc1)C(N)CC1CCOCC1. The van der Waals surface area contributed by atoms with Gasteiger partial charge in [0.1, 0.15) is 5.82 Å². The second-order valence-corrected chi connectivity index (χ2v) is 6.13. The maximum absolute atomic E-state index is 13.0. The fraction of sp³-hybridized carbons (Fsp3) is 0.625. The van der Waals surface area contributed by atoms with Gasteiger partial charge in [-0.05, 0) is 42.9 Å². The van der Waals surface area contributed by atoms with Gasteiger partial charge in [-0.2, -0.15) is 0 Å². The minimum atomic E-state index is -0.197. The molecule has 0 aromatic heterocycles. The van der Waals surface area contributed by atoms with E-state index in [-0.39, 0.29) is 17.3 Å². The van der Waals surface area contributed by atoms with E-state index in [0.29, 0.717) is 5.92 Å². The third-order valence-corrected chi connectivity index (χ3v) is 4.44. The van der Waals surface area contributed by atoms with Crippen molar-refractivity contribution in [1.82, 2.24) is 0 Å². The lowest BCUT2D eigenvalue weighted by Gasteiger charge is -2.35. The highest BCUT2D eigenvalue weighted by atomic mass is 19.1. The lowest BCUT2D eigenvalue weighted by molar-refractivity contribution is 0.0594. The number of halogens is 1. The molecule has 106 valence electrons. The van der Waals surface area contributed by atoms with Crippen LogP contribution in [0, 0.1) is 11.7 Å². The van der Waals surface area contributed by atoms with Crippen molar-refractivity contribution >= 4 is 0 Å². The Hall–Kier alpha value is -0.930. The van der Waals surface area contributed by atoms with Gasteiger partial charge < -0.3 is 10.5 Å². The predicted octanol–water partition coefficient (Wildman–Crippen LogP) is 3.25. The first-order valence-electron chi connectivity index (χ1n) is 7.09. The normalized spacial score (nSPS) is 19.4. The molecule has 0 spiro atoms.